The monoisotopic (exact) mass is 326 g/mol. The summed E-state index contributed by atoms with van der Waals surface area (Å²) in [7, 11) is -3.95. The van der Waals surface area contributed by atoms with Gasteiger partial charge in [-0.15, -0.1) is 0 Å². The van der Waals surface area contributed by atoms with Crippen LogP contribution in [0.1, 0.15) is 20.3 Å². The van der Waals surface area contributed by atoms with Crippen LogP contribution in [0.25, 0.3) is 0 Å². The van der Waals surface area contributed by atoms with E-state index in [0.29, 0.717) is 6.42 Å². The fourth-order valence-electron chi connectivity index (χ4n) is 1.43. The number of anilines is 1. The average molecular weight is 327 g/mol. The molecule has 0 bridgehead atoms. The second-order valence-corrected chi connectivity index (χ2v) is 6.93. The molecule has 4 N–H and O–H groups in total. The smallest absolute Gasteiger partial charge is 0.244 e. The van der Waals surface area contributed by atoms with Gasteiger partial charge in [0.15, 0.2) is 0 Å². The molecule has 0 saturated carbocycles. The lowest BCUT2D eigenvalue weighted by Gasteiger charge is -2.27. The second kappa shape index (κ2) is 5.85. The third kappa shape index (κ3) is 3.73. The van der Waals surface area contributed by atoms with E-state index >= 15 is 0 Å². The fourth-order valence-corrected chi connectivity index (χ4v) is 4.13. The van der Waals surface area contributed by atoms with Gasteiger partial charge < -0.3 is 10.8 Å². The molecule has 0 amide bonds. The van der Waals surface area contributed by atoms with Crippen molar-refractivity contribution in [3.8, 4) is 0 Å². The Hall–Kier alpha value is -0.530. The molecule has 8 heteroatoms. The fraction of sp³-hybridized carbons (Fsp3) is 0.455. The first-order valence-electron chi connectivity index (χ1n) is 5.54. The normalized spacial score (nSPS) is 15.2. The summed E-state index contributed by atoms with van der Waals surface area (Å²) in [5.74, 6) is 0. The molecule has 0 aliphatic heterocycles. The number of aliphatic hydroxyl groups excluding tert-OH is 1. The molecule has 5 nitrogen and oxygen atoms in total. The van der Waals surface area contributed by atoms with Crippen LogP contribution in [-0.2, 0) is 10.0 Å². The van der Waals surface area contributed by atoms with Crippen LogP contribution in [-0.4, -0.2) is 25.7 Å². The van der Waals surface area contributed by atoms with E-state index in [-0.39, 0.29) is 27.2 Å². The number of halogens is 2. The number of benzene rings is 1. The maximum atomic E-state index is 12.3. The van der Waals surface area contributed by atoms with Gasteiger partial charge in [0.1, 0.15) is 4.90 Å². The minimum absolute atomic E-state index is 0.0612. The molecule has 1 unspecified atom stereocenters. The van der Waals surface area contributed by atoms with Gasteiger partial charge in [-0.3, -0.25) is 0 Å². The largest absolute Gasteiger partial charge is 0.399 e. The van der Waals surface area contributed by atoms with Crippen molar-refractivity contribution in [2.45, 2.75) is 30.7 Å². The molecule has 1 aromatic rings. The third-order valence-electron chi connectivity index (χ3n) is 2.80. The summed E-state index contributed by atoms with van der Waals surface area (Å²) in [5.41, 5.74) is 4.82. The van der Waals surface area contributed by atoms with Crippen molar-refractivity contribution >= 4 is 38.9 Å². The van der Waals surface area contributed by atoms with Crippen LogP contribution in [0, 0.1) is 0 Å². The molecule has 108 valence electrons. The van der Waals surface area contributed by atoms with E-state index in [1.165, 1.54) is 12.1 Å². The highest BCUT2D eigenvalue weighted by Crippen LogP contribution is 2.32. The van der Waals surface area contributed by atoms with Gasteiger partial charge in [0.2, 0.25) is 10.0 Å². The Bertz CT molecular complexity index is 548. The van der Waals surface area contributed by atoms with E-state index in [1.54, 1.807) is 13.8 Å². The summed E-state index contributed by atoms with van der Waals surface area (Å²) in [6.07, 6.45) is 0.410. The third-order valence-corrected chi connectivity index (χ3v) is 5.36. The Balaban J connectivity index is 3.29. The van der Waals surface area contributed by atoms with Gasteiger partial charge in [0, 0.05) is 5.69 Å². The molecule has 0 aliphatic carbocycles. The molecule has 19 heavy (non-hydrogen) atoms. The number of nitrogen functional groups attached to an aromatic ring is 1. The van der Waals surface area contributed by atoms with Crippen LogP contribution in [0.3, 0.4) is 0 Å². The maximum Gasteiger partial charge on any atom is 0.244 e. The van der Waals surface area contributed by atoms with Gasteiger partial charge in [0.05, 0.1) is 22.2 Å². The highest BCUT2D eigenvalue weighted by molar-refractivity contribution is 7.89. The molecule has 1 rings (SSSR count). The molecule has 1 atom stereocenters. The molecule has 0 aromatic heterocycles. The summed E-state index contributed by atoms with van der Waals surface area (Å²) in [5, 5.41) is 9.14. The van der Waals surface area contributed by atoms with Gasteiger partial charge in [-0.2, -0.15) is 0 Å². The summed E-state index contributed by atoms with van der Waals surface area (Å²) in [6, 6.07) is 2.62. The number of nitrogens with one attached hydrogen (secondary N) is 1. The van der Waals surface area contributed by atoms with E-state index in [9.17, 15) is 13.5 Å². The minimum atomic E-state index is -3.95. The molecule has 1 aromatic carbocycles. The Morgan fingerprint density at radius 2 is 1.84 bits per heavy atom. The van der Waals surface area contributed by atoms with E-state index in [0.717, 1.165) is 0 Å². The van der Waals surface area contributed by atoms with Crippen molar-refractivity contribution in [2.75, 3.05) is 12.3 Å². The molecule has 0 fully saturated rings. The number of nitrogens with two attached hydrogens (primary N) is 1. The number of aliphatic hydroxyl groups is 1. The van der Waals surface area contributed by atoms with Crippen molar-refractivity contribution in [1.29, 1.82) is 0 Å². The highest BCUT2D eigenvalue weighted by atomic mass is 35.5. The number of hydrogen-bond donors (Lipinski definition) is 3. The van der Waals surface area contributed by atoms with E-state index in [2.05, 4.69) is 4.72 Å². The Morgan fingerprint density at radius 1 is 1.37 bits per heavy atom. The average Bonchev–Trinajstić information content (AvgIpc) is 2.26. The maximum absolute atomic E-state index is 12.3. The molecular formula is C11H16Cl2N2O3S. The predicted molar refractivity (Wildman–Crippen MR) is 77.0 cm³/mol. The lowest BCUT2D eigenvalue weighted by Crippen LogP contribution is -2.48. The standard InChI is InChI=1S/C11H16Cl2N2O3S/c1-3-11(2,6-16)15-19(17,18)10-8(12)4-7(14)5-9(10)13/h4-5,15-16H,3,6,14H2,1-2H3. The zero-order valence-corrected chi connectivity index (χ0v) is 12.9. The summed E-state index contributed by atoms with van der Waals surface area (Å²) in [6.45, 7) is 3.00. The molecule has 0 aliphatic rings. The number of rotatable bonds is 5. The van der Waals surface area contributed by atoms with Crippen molar-refractivity contribution in [1.82, 2.24) is 4.72 Å². The summed E-state index contributed by atoms with van der Waals surface area (Å²) < 4.78 is 27.0. The minimum Gasteiger partial charge on any atom is -0.399 e. The van der Waals surface area contributed by atoms with Crippen LogP contribution in [0.4, 0.5) is 5.69 Å². The predicted octanol–water partition coefficient (Wildman–Crippen LogP) is 2.01. The number of hydrogen-bond acceptors (Lipinski definition) is 4. The van der Waals surface area contributed by atoms with Gasteiger partial charge in [-0.1, -0.05) is 30.1 Å². The van der Waals surface area contributed by atoms with E-state index < -0.39 is 15.6 Å². The van der Waals surface area contributed by atoms with E-state index in [4.69, 9.17) is 28.9 Å². The van der Waals surface area contributed by atoms with Crippen molar-refractivity contribution in [3.63, 3.8) is 0 Å². The molecule has 0 heterocycles. The molecular weight excluding hydrogens is 311 g/mol. The highest BCUT2D eigenvalue weighted by Gasteiger charge is 2.31. The SMILES string of the molecule is CCC(C)(CO)NS(=O)(=O)c1c(Cl)cc(N)cc1Cl. The van der Waals surface area contributed by atoms with Gasteiger partial charge in [-0.25, -0.2) is 13.1 Å². The van der Waals surface area contributed by atoms with Crippen LogP contribution in [0.2, 0.25) is 10.0 Å². The zero-order chi connectivity index (χ0) is 14.8. The van der Waals surface area contributed by atoms with E-state index in [1.807, 2.05) is 0 Å². The molecule has 0 spiro atoms. The van der Waals surface area contributed by atoms with Gasteiger partial charge >= 0.3 is 0 Å². The van der Waals surface area contributed by atoms with Crippen LogP contribution in [0.5, 0.6) is 0 Å². The van der Waals surface area contributed by atoms with Crippen LogP contribution >= 0.6 is 23.2 Å². The Morgan fingerprint density at radius 3 is 2.21 bits per heavy atom. The topological polar surface area (TPSA) is 92.4 Å². The van der Waals surface area contributed by atoms with Gasteiger partial charge in [0.25, 0.3) is 0 Å². The zero-order valence-electron chi connectivity index (χ0n) is 10.6. The summed E-state index contributed by atoms with van der Waals surface area (Å²) in [4.78, 5) is -0.238. The molecule has 0 radical (unpaired) electrons. The lowest BCUT2D eigenvalue weighted by molar-refractivity contribution is 0.191. The van der Waals surface area contributed by atoms with Crippen molar-refractivity contribution in [2.24, 2.45) is 0 Å². The van der Waals surface area contributed by atoms with Gasteiger partial charge in [-0.05, 0) is 25.5 Å². The van der Waals surface area contributed by atoms with Crippen molar-refractivity contribution in [3.05, 3.63) is 22.2 Å². The first-order chi connectivity index (χ1) is 8.65. The number of sulfonamides is 1. The van der Waals surface area contributed by atoms with Crippen molar-refractivity contribution < 1.29 is 13.5 Å². The Kier molecular flexibility index (Phi) is 5.08. The Labute approximate surface area is 122 Å². The van der Waals surface area contributed by atoms with Crippen LogP contribution in [0.15, 0.2) is 17.0 Å². The second-order valence-electron chi connectivity index (χ2n) is 4.49. The quantitative estimate of drug-likeness (QED) is 0.721. The first kappa shape index (κ1) is 16.5. The molecule has 0 saturated heterocycles. The summed E-state index contributed by atoms with van der Waals surface area (Å²) >= 11 is 11.8. The van der Waals surface area contributed by atoms with Crippen LogP contribution < -0.4 is 10.5 Å². The first-order valence-corrected chi connectivity index (χ1v) is 7.78. The lowest BCUT2D eigenvalue weighted by atomic mass is 10.0.